The van der Waals surface area contributed by atoms with Gasteiger partial charge >= 0.3 is 5.97 Å². The molecule has 7 heteroatoms. The van der Waals surface area contributed by atoms with Gasteiger partial charge in [0.2, 0.25) is 5.91 Å². The number of carboxylic acid groups (broad SMARTS) is 1. The molecule has 0 aliphatic heterocycles. The topological polar surface area (TPSA) is 127 Å². The minimum absolute atomic E-state index is 0.0576. The Balaban J connectivity index is 1.55. The van der Waals surface area contributed by atoms with Crippen molar-refractivity contribution in [1.29, 1.82) is 0 Å². The zero-order valence-electron chi connectivity index (χ0n) is 18.0. The number of aliphatic hydroxyl groups excluding tert-OH is 2. The first-order valence-corrected chi connectivity index (χ1v) is 11.4. The molecule has 0 heterocycles. The van der Waals surface area contributed by atoms with E-state index in [1.54, 1.807) is 12.1 Å². The number of hydrogen-bond acceptors (Lipinski definition) is 5. The van der Waals surface area contributed by atoms with Crippen LogP contribution in [-0.2, 0) is 9.59 Å². The van der Waals surface area contributed by atoms with Crippen LogP contribution in [0.2, 0.25) is 0 Å². The summed E-state index contributed by atoms with van der Waals surface area (Å²) in [6.07, 6.45) is 2.91. The van der Waals surface area contributed by atoms with Crippen LogP contribution in [0.4, 0.5) is 0 Å². The highest BCUT2D eigenvalue weighted by molar-refractivity contribution is 5.76. The molecule has 1 amide bonds. The largest absolute Gasteiger partial charge is 0.508 e. The number of fused-ring (bicyclic) bond motifs is 5. The number of phenolic OH excluding ortho intramolecular Hbond substituents is 1. The number of phenols is 1. The highest BCUT2D eigenvalue weighted by Crippen LogP contribution is 2.62. The average Bonchev–Trinajstić information content (AvgIpc) is 2.95. The fourth-order valence-electron chi connectivity index (χ4n) is 6.56. The summed E-state index contributed by atoms with van der Waals surface area (Å²) in [7, 11) is 0. The molecular weight excluding hydrogens is 398 g/mol. The molecule has 7 atom stereocenters. The van der Waals surface area contributed by atoms with Crippen molar-refractivity contribution in [3.8, 4) is 5.75 Å². The number of hydrogen-bond donors (Lipinski definition) is 5. The lowest BCUT2D eigenvalue weighted by Gasteiger charge is -2.51. The van der Waals surface area contributed by atoms with Crippen molar-refractivity contribution in [3.63, 3.8) is 0 Å². The lowest BCUT2D eigenvalue weighted by molar-refractivity contribution is -0.137. The number of carboxylic acids is 1. The summed E-state index contributed by atoms with van der Waals surface area (Å²) in [5.74, 6) is -0.106. The molecule has 0 bridgehead atoms. The van der Waals surface area contributed by atoms with Gasteiger partial charge in [0.1, 0.15) is 5.75 Å². The quantitative estimate of drug-likeness (QED) is 0.441. The first-order valence-electron chi connectivity index (χ1n) is 11.4. The summed E-state index contributed by atoms with van der Waals surface area (Å²) >= 11 is 0. The number of amides is 1. The van der Waals surface area contributed by atoms with Crippen LogP contribution in [0.25, 0.3) is 0 Å². The zero-order valence-corrected chi connectivity index (χ0v) is 18.0. The normalized spacial score (nSPS) is 36.2. The Bertz CT molecular complexity index is 856. The summed E-state index contributed by atoms with van der Waals surface area (Å²) in [5.41, 5.74) is 1.77. The van der Waals surface area contributed by atoms with E-state index in [0.29, 0.717) is 25.7 Å². The van der Waals surface area contributed by atoms with Crippen molar-refractivity contribution in [2.24, 2.45) is 17.3 Å². The lowest BCUT2D eigenvalue weighted by atomic mass is 9.54. The van der Waals surface area contributed by atoms with Crippen molar-refractivity contribution in [3.05, 3.63) is 29.3 Å². The van der Waals surface area contributed by atoms with Crippen molar-refractivity contribution < 1.29 is 30.0 Å². The molecule has 5 N–H and O–H groups in total. The number of carbonyl (C=O) groups is 2. The highest BCUT2D eigenvalue weighted by Gasteiger charge is 2.58. The van der Waals surface area contributed by atoms with E-state index in [1.165, 1.54) is 0 Å². The van der Waals surface area contributed by atoms with Gasteiger partial charge in [-0.2, -0.15) is 0 Å². The maximum absolute atomic E-state index is 12.6. The minimum atomic E-state index is -0.857. The van der Waals surface area contributed by atoms with E-state index in [-0.39, 0.29) is 53.7 Å². The number of aromatic hydroxyl groups is 1. The van der Waals surface area contributed by atoms with Crippen LogP contribution < -0.4 is 5.32 Å². The molecule has 4 rings (SSSR count). The molecule has 1 aromatic rings. The van der Waals surface area contributed by atoms with Gasteiger partial charge in [-0.3, -0.25) is 9.59 Å². The van der Waals surface area contributed by atoms with Gasteiger partial charge in [0.05, 0.1) is 18.2 Å². The monoisotopic (exact) mass is 431 g/mol. The number of nitrogens with one attached hydrogen (secondary N) is 1. The van der Waals surface area contributed by atoms with Crippen LogP contribution in [0, 0.1) is 17.3 Å². The first-order chi connectivity index (χ1) is 14.7. The summed E-state index contributed by atoms with van der Waals surface area (Å²) in [6.45, 7) is 2.08. The molecule has 2 saturated carbocycles. The lowest BCUT2D eigenvalue weighted by Crippen LogP contribution is -2.46. The van der Waals surface area contributed by atoms with Crippen molar-refractivity contribution >= 4 is 11.9 Å². The summed E-state index contributed by atoms with van der Waals surface area (Å²) in [5, 5.41) is 43.0. The van der Waals surface area contributed by atoms with Gasteiger partial charge in [0.15, 0.2) is 0 Å². The second-order valence-electron chi connectivity index (χ2n) is 9.94. The summed E-state index contributed by atoms with van der Waals surface area (Å²) in [6, 6.07) is 5.15. The molecule has 2 fully saturated rings. The van der Waals surface area contributed by atoms with E-state index in [2.05, 4.69) is 12.2 Å². The van der Waals surface area contributed by atoms with E-state index in [4.69, 9.17) is 5.11 Å². The first kappa shape index (κ1) is 22.1. The van der Waals surface area contributed by atoms with Crippen LogP contribution >= 0.6 is 0 Å². The SMILES string of the molecule is C[C@]12CC[C@@H]3c4ccc(O)cc4[C@H](NC(=O)CCCCC(=O)O)C[C@H]3[C@@H]1C[C@@H](O)[C@@H]2O. The molecule has 0 aromatic heterocycles. The van der Waals surface area contributed by atoms with E-state index < -0.39 is 18.2 Å². The molecular formula is C24H33NO6. The predicted molar refractivity (Wildman–Crippen MR) is 113 cm³/mol. The second-order valence-corrected chi connectivity index (χ2v) is 9.94. The zero-order chi connectivity index (χ0) is 22.3. The van der Waals surface area contributed by atoms with Crippen LogP contribution in [0.5, 0.6) is 5.75 Å². The second kappa shape index (κ2) is 8.43. The number of carbonyl (C=O) groups excluding carboxylic acids is 1. The van der Waals surface area contributed by atoms with Gasteiger partial charge in [-0.15, -0.1) is 0 Å². The van der Waals surface area contributed by atoms with Gasteiger partial charge in [-0.1, -0.05) is 13.0 Å². The average molecular weight is 432 g/mol. The molecule has 0 spiro atoms. The fraction of sp³-hybridized carbons (Fsp3) is 0.667. The standard InChI is InChI=1S/C24H33NO6/c1-24-9-8-15-14-7-6-13(26)10-17(14)19(25-21(28)4-2-3-5-22(29)30)11-16(15)18(24)12-20(27)23(24)31/h6-7,10,15-16,18-20,23,26-27,31H,2-5,8-9,11-12H2,1H3,(H,25,28)(H,29,30)/t15-,16-,18+,19-,20-,23+,24+/m1/s1. The predicted octanol–water partition coefficient (Wildman–Crippen LogP) is 2.84. The Morgan fingerprint density at radius 2 is 1.87 bits per heavy atom. The summed E-state index contributed by atoms with van der Waals surface area (Å²) < 4.78 is 0. The van der Waals surface area contributed by atoms with Crippen molar-refractivity contribution in [1.82, 2.24) is 5.32 Å². The number of rotatable bonds is 6. The molecule has 3 aliphatic rings. The third kappa shape index (κ3) is 4.05. The Kier molecular flexibility index (Phi) is 6.01. The molecule has 1 aromatic carbocycles. The number of benzene rings is 1. The Hall–Kier alpha value is -2.12. The van der Waals surface area contributed by atoms with Gasteiger partial charge in [-0.25, -0.2) is 0 Å². The minimum Gasteiger partial charge on any atom is -0.508 e. The van der Waals surface area contributed by atoms with Gasteiger partial charge in [0, 0.05) is 12.8 Å². The fourth-order valence-corrected chi connectivity index (χ4v) is 6.56. The highest BCUT2D eigenvalue weighted by atomic mass is 16.4. The Morgan fingerprint density at radius 3 is 2.61 bits per heavy atom. The smallest absolute Gasteiger partial charge is 0.303 e. The summed E-state index contributed by atoms with van der Waals surface area (Å²) in [4.78, 5) is 23.3. The maximum Gasteiger partial charge on any atom is 0.303 e. The van der Waals surface area contributed by atoms with Gasteiger partial charge in [0.25, 0.3) is 0 Å². The van der Waals surface area contributed by atoms with Crippen LogP contribution in [0.15, 0.2) is 18.2 Å². The Labute approximate surface area is 182 Å². The van der Waals surface area contributed by atoms with Gasteiger partial charge in [-0.05, 0) is 85.0 Å². The third-order valence-corrected chi connectivity index (χ3v) is 8.14. The molecule has 0 saturated heterocycles. The number of aliphatic hydroxyl groups is 2. The third-order valence-electron chi connectivity index (χ3n) is 8.14. The van der Waals surface area contributed by atoms with Crippen molar-refractivity contribution in [2.45, 2.75) is 82.5 Å². The van der Waals surface area contributed by atoms with E-state index >= 15 is 0 Å². The van der Waals surface area contributed by atoms with E-state index in [9.17, 15) is 24.9 Å². The molecule has 0 radical (unpaired) electrons. The Morgan fingerprint density at radius 1 is 1.13 bits per heavy atom. The maximum atomic E-state index is 12.6. The van der Waals surface area contributed by atoms with Crippen molar-refractivity contribution in [2.75, 3.05) is 0 Å². The van der Waals surface area contributed by atoms with E-state index in [0.717, 1.165) is 24.0 Å². The van der Waals surface area contributed by atoms with E-state index in [1.807, 2.05) is 6.07 Å². The van der Waals surface area contributed by atoms with Gasteiger partial charge < -0.3 is 25.7 Å². The molecule has 3 aliphatic carbocycles. The van der Waals surface area contributed by atoms with Crippen LogP contribution in [-0.4, -0.2) is 44.5 Å². The molecule has 7 nitrogen and oxygen atoms in total. The van der Waals surface area contributed by atoms with Crippen LogP contribution in [0.1, 0.15) is 81.4 Å². The molecule has 31 heavy (non-hydrogen) atoms. The number of unbranched alkanes of at least 4 members (excludes halogenated alkanes) is 1. The molecule has 170 valence electrons. The molecule has 0 unspecified atom stereocenters. The van der Waals surface area contributed by atoms with Crippen LogP contribution in [0.3, 0.4) is 0 Å². The number of aliphatic carboxylic acids is 1.